The number of primary amides is 1. The minimum Gasteiger partial charge on any atom is -0.351 e. The highest BCUT2D eigenvalue weighted by molar-refractivity contribution is 5.72. The average Bonchev–Trinajstić information content (AvgIpc) is 2.46. The molecule has 0 bridgehead atoms. The second kappa shape index (κ2) is 7.81. The number of carbonyl (C=O) groups is 1. The zero-order chi connectivity index (χ0) is 14.4. The molecule has 0 aliphatic carbocycles. The smallest absolute Gasteiger partial charge is 0.314 e. The zero-order valence-corrected chi connectivity index (χ0v) is 12.7. The van der Waals surface area contributed by atoms with Gasteiger partial charge < -0.3 is 25.8 Å². The molecule has 0 saturated carbocycles. The molecular formula is C14H29N5O. The number of nitrogens with two attached hydrogens (primary N) is 1. The van der Waals surface area contributed by atoms with Crippen molar-refractivity contribution in [1.29, 1.82) is 0 Å². The average molecular weight is 283 g/mol. The van der Waals surface area contributed by atoms with Gasteiger partial charge in [-0.25, -0.2) is 4.79 Å². The summed E-state index contributed by atoms with van der Waals surface area (Å²) in [6, 6.07) is 0.275. The Balaban J connectivity index is 1.50. The van der Waals surface area contributed by atoms with Gasteiger partial charge in [-0.15, -0.1) is 0 Å². The van der Waals surface area contributed by atoms with E-state index in [1.54, 1.807) is 4.90 Å². The molecule has 0 unspecified atom stereocenters. The highest BCUT2D eigenvalue weighted by atomic mass is 16.2. The molecule has 116 valence electrons. The van der Waals surface area contributed by atoms with Crippen LogP contribution in [0.4, 0.5) is 4.79 Å². The van der Waals surface area contributed by atoms with E-state index in [1.807, 2.05) is 0 Å². The van der Waals surface area contributed by atoms with Crippen LogP contribution in [-0.2, 0) is 0 Å². The first-order valence-corrected chi connectivity index (χ1v) is 7.84. The van der Waals surface area contributed by atoms with Gasteiger partial charge in [-0.05, 0) is 39.4 Å². The summed E-state index contributed by atoms with van der Waals surface area (Å²) in [5.41, 5.74) is 5.28. The molecule has 0 radical (unpaired) electrons. The minimum atomic E-state index is -0.279. The van der Waals surface area contributed by atoms with E-state index in [9.17, 15) is 4.79 Å². The van der Waals surface area contributed by atoms with Crippen molar-refractivity contribution in [3.05, 3.63) is 0 Å². The lowest BCUT2D eigenvalue weighted by Gasteiger charge is -2.33. The maximum atomic E-state index is 11.0. The van der Waals surface area contributed by atoms with Crippen LogP contribution in [0.3, 0.4) is 0 Å². The molecule has 0 atom stereocenters. The molecule has 3 N–H and O–H groups in total. The van der Waals surface area contributed by atoms with E-state index < -0.39 is 0 Å². The van der Waals surface area contributed by atoms with Gasteiger partial charge in [0.15, 0.2) is 0 Å². The molecule has 2 rings (SSSR count). The lowest BCUT2D eigenvalue weighted by Crippen LogP contribution is -2.47. The largest absolute Gasteiger partial charge is 0.351 e. The highest BCUT2D eigenvalue weighted by Crippen LogP contribution is 2.09. The topological polar surface area (TPSA) is 64.8 Å². The molecule has 20 heavy (non-hydrogen) atoms. The molecule has 2 fully saturated rings. The number of likely N-dealkylation sites (tertiary alicyclic amines) is 1. The number of amides is 2. The van der Waals surface area contributed by atoms with Crippen molar-refractivity contribution in [2.75, 3.05) is 59.4 Å². The van der Waals surface area contributed by atoms with Crippen molar-refractivity contribution in [2.24, 2.45) is 5.73 Å². The molecule has 2 heterocycles. The molecular weight excluding hydrogens is 254 g/mol. The molecule has 0 aromatic carbocycles. The Morgan fingerprint density at radius 3 is 2.40 bits per heavy atom. The van der Waals surface area contributed by atoms with E-state index in [1.165, 1.54) is 39.1 Å². The second-order valence-electron chi connectivity index (χ2n) is 6.05. The first-order valence-electron chi connectivity index (χ1n) is 7.84. The van der Waals surface area contributed by atoms with Crippen LogP contribution < -0.4 is 11.1 Å². The highest BCUT2D eigenvalue weighted by Gasteiger charge is 2.20. The number of hydrogen-bond donors (Lipinski definition) is 2. The van der Waals surface area contributed by atoms with E-state index in [2.05, 4.69) is 22.2 Å². The van der Waals surface area contributed by atoms with E-state index in [-0.39, 0.29) is 6.03 Å². The van der Waals surface area contributed by atoms with Crippen molar-refractivity contribution >= 4 is 6.03 Å². The summed E-state index contributed by atoms with van der Waals surface area (Å²) in [6.45, 7) is 8.66. The Labute approximate surface area is 122 Å². The van der Waals surface area contributed by atoms with Crippen molar-refractivity contribution < 1.29 is 4.79 Å². The van der Waals surface area contributed by atoms with Crippen molar-refractivity contribution in [3.8, 4) is 0 Å². The zero-order valence-electron chi connectivity index (χ0n) is 12.7. The summed E-state index contributed by atoms with van der Waals surface area (Å²) < 4.78 is 0. The fourth-order valence-electron chi connectivity index (χ4n) is 2.98. The molecule has 0 spiro atoms. The number of piperidine rings is 1. The Hall–Kier alpha value is -0.850. The number of rotatable bonds is 5. The fourth-order valence-corrected chi connectivity index (χ4v) is 2.98. The predicted octanol–water partition coefficient (Wildman–Crippen LogP) is -0.243. The van der Waals surface area contributed by atoms with Crippen LogP contribution in [0.2, 0.25) is 0 Å². The third kappa shape index (κ3) is 4.92. The second-order valence-corrected chi connectivity index (χ2v) is 6.05. The number of nitrogens with zero attached hydrogens (tertiary/aromatic N) is 3. The minimum absolute atomic E-state index is 0.279. The SMILES string of the molecule is CN1CCN(CCCNC2CCN(C(N)=O)CC2)CC1. The van der Waals surface area contributed by atoms with Gasteiger partial charge in [0.25, 0.3) is 0 Å². The van der Waals surface area contributed by atoms with Crippen LogP contribution in [0.1, 0.15) is 19.3 Å². The van der Waals surface area contributed by atoms with Gasteiger partial charge in [-0.2, -0.15) is 0 Å². The van der Waals surface area contributed by atoms with E-state index in [4.69, 9.17) is 5.73 Å². The molecule has 2 aliphatic heterocycles. The molecule has 2 aliphatic rings. The van der Waals surface area contributed by atoms with Gasteiger partial charge in [0.2, 0.25) is 0 Å². The summed E-state index contributed by atoms with van der Waals surface area (Å²) in [5, 5.41) is 3.61. The quantitative estimate of drug-likeness (QED) is 0.683. The Bertz CT molecular complexity index is 296. The number of urea groups is 1. The van der Waals surface area contributed by atoms with Gasteiger partial charge in [0, 0.05) is 45.3 Å². The molecule has 0 aromatic rings. The van der Waals surface area contributed by atoms with E-state index in [0.29, 0.717) is 6.04 Å². The Morgan fingerprint density at radius 1 is 1.15 bits per heavy atom. The summed E-state index contributed by atoms with van der Waals surface area (Å²) in [5.74, 6) is 0. The monoisotopic (exact) mass is 283 g/mol. The maximum absolute atomic E-state index is 11.0. The van der Waals surface area contributed by atoms with Crippen molar-refractivity contribution in [3.63, 3.8) is 0 Å². The third-order valence-electron chi connectivity index (χ3n) is 4.49. The Kier molecular flexibility index (Phi) is 6.06. The standard InChI is InChI=1S/C14H29N5O/c1-17-9-11-18(12-10-17)6-2-5-16-13-3-7-19(8-4-13)14(15)20/h13,16H,2-12H2,1H3,(H2,15,20). The first-order chi connectivity index (χ1) is 9.65. The molecule has 6 heteroatoms. The van der Waals surface area contributed by atoms with E-state index in [0.717, 1.165) is 32.5 Å². The Morgan fingerprint density at radius 2 is 1.80 bits per heavy atom. The van der Waals surface area contributed by atoms with Crippen LogP contribution in [0, 0.1) is 0 Å². The van der Waals surface area contributed by atoms with Gasteiger partial charge in [0.05, 0.1) is 0 Å². The van der Waals surface area contributed by atoms with Crippen LogP contribution in [0.25, 0.3) is 0 Å². The summed E-state index contributed by atoms with van der Waals surface area (Å²) in [6.07, 6.45) is 3.26. The third-order valence-corrected chi connectivity index (χ3v) is 4.49. The summed E-state index contributed by atoms with van der Waals surface area (Å²) in [4.78, 5) is 17.7. The number of carbonyl (C=O) groups excluding carboxylic acids is 1. The molecule has 2 amide bonds. The molecule has 2 saturated heterocycles. The van der Waals surface area contributed by atoms with Crippen molar-refractivity contribution in [1.82, 2.24) is 20.0 Å². The van der Waals surface area contributed by atoms with E-state index >= 15 is 0 Å². The number of hydrogen-bond acceptors (Lipinski definition) is 4. The summed E-state index contributed by atoms with van der Waals surface area (Å²) in [7, 11) is 2.19. The first kappa shape index (κ1) is 15.5. The normalized spacial score (nSPS) is 23.1. The van der Waals surface area contributed by atoms with Crippen LogP contribution in [0.15, 0.2) is 0 Å². The lowest BCUT2D eigenvalue weighted by molar-refractivity contribution is 0.151. The molecule has 6 nitrogen and oxygen atoms in total. The van der Waals surface area contributed by atoms with Gasteiger partial charge >= 0.3 is 6.03 Å². The summed E-state index contributed by atoms with van der Waals surface area (Å²) >= 11 is 0. The van der Waals surface area contributed by atoms with Crippen LogP contribution in [0.5, 0.6) is 0 Å². The van der Waals surface area contributed by atoms with Gasteiger partial charge in [-0.1, -0.05) is 0 Å². The van der Waals surface area contributed by atoms with Crippen molar-refractivity contribution in [2.45, 2.75) is 25.3 Å². The number of nitrogens with one attached hydrogen (secondary N) is 1. The van der Waals surface area contributed by atoms with Gasteiger partial charge in [0.1, 0.15) is 0 Å². The predicted molar refractivity (Wildman–Crippen MR) is 80.7 cm³/mol. The van der Waals surface area contributed by atoms with Crippen LogP contribution in [-0.4, -0.2) is 86.2 Å². The van der Waals surface area contributed by atoms with Gasteiger partial charge in [-0.3, -0.25) is 0 Å². The maximum Gasteiger partial charge on any atom is 0.314 e. The lowest BCUT2D eigenvalue weighted by atomic mass is 10.1. The number of piperazine rings is 1. The fraction of sp³-hybridized carbons (Fsp3) is 0.929. The molecule has 0 aromatic heterocycles. The van der Waals surface area contributed by atoms with Crippen LogP contribution >= 0.6 is 0 Å². The number of likely N-dealkylation sites (N-methyl/N-ethyl adjacent to an activating group) is 1.